The second-order valence-corrected chi connectivity index (χ2v) is 7.11. The zero-order valence-corrected chi connectivity index (χ0v) is 16.9. The van der Waals surface area contributed by atoms with E-state index in [4.69, 9.17) is 9.72 Å². The molecule has 0 unspecified atom stereocenters. The van der Waals surface area contributed by atoms with E-state index in [1.807, 2.05) is 12.1 Å². The minimum absolute atomic E-state index is 0.0472. The maximum absolute atomic E-state index is 13.6. The maximum atomic E-state index is 13.6. The Labute approximate surface area is 181 Å². The van der Waals surface area contributed by atoms with Crippen molar-refractivity contribution in [2.24, 2.45) is 0 Å². The first-order valence-corrected chi connectivity index (χ1v) is 9.99. The van der Waals surface area contributed by atoms with E-state index >= 15 is 0 Å². The average molecular weight is 434 g/mol. The molecule has 1 fully saturated rings. The molecule has 5 rings (SSSR count). The molecule has 1 aromatic carbocycles. The lowest BCUT2D eigenvalue weighted by atomic mass is 10.2. The van der Waals surface area contributed by atoms with Gasteiger partial charge in [0, 0.05) is 30.5 Å². The fourth-order valence-electron chi connectivity index (χ4n) is 3.43. The summed E-state index contributed by atoms with van der Waals surface area (Å²) in [6.07, 6.45) is 4.16. The number of fused-ring (bicyclic) bond motifs is 1. The van der Waals surface area contributed by atoms with Gasteiger partial charge >= 0.3 is 6.03 Å². The first kappa shape index (κ1) is 19.8. The molecule has 0 aliphatic carbocycles. The van der Waals surface area contributed by atoms with E-state index in [9.17, 15) is 9.18 Å². The van der Waals surface area contributed by atoms with E-state index < -0.39 is 11.8 Å². The van der Waals surface area contributed by atoms with Gasteiger partial charge in [0.2, 0.25) is 0 Å². The maximum Gasteiger partial charge on any atom is 0.323 e. The number of urea groups is 1. The van der Waals surface area contributed by atoms with Crippen molar-refractivity contribution in [1.29, 1.82) is 0 Å². The highest BCUT2D eigenvalue weighted by molar-refractivity contribution is 5.99. The van der Waals surface area contributed by atoms with Gasteiger partial charge in [0.15, 0.2) is 17.3 Å². The predicted octanol–water partition coefficient (Wildman–Crippen LogP) is 3.03. The van der Waals surface area contributed by atoms with Gasteiger partial charge in [-0.05, 0) is 30.3 Å². The second-order valence-electron chi connectivity index (χ2n) is 7.11. The molecule has 1 aliphatic heterocycles. The highest BCUT2D eigenvalue weighted by Gasteiger charge is 2.19. The first-order chi connectivity index (χ1) is 15.7. The van der Waals surface area contributed by atoms with Crippen LogP contribution in [0.1, 0.15) is 0 Å². The van der Waals surface area contributed by atoms with Crippen LogP contribution in [0.5, 0.6) is 0 Å². The average Bonchev–Trinajstić information content (AvgIpc) is 3.30. The number of aromatic nitrogens is 5. The number of morpholine rings is 1. The molecule has 1 aliphatic rings. The molecule has 0 saturated carbocycles. The molecule has 162 valence electrons. The topological polar surface area (TPSA) is 121 Å². The quantitative estimate of drug-likeness (QED) is 0.451. The Bertz CT molecular complexity index is 1250. The number of rotatable bonds is 4. The Kier molecular flexibility index (Phi) is 5.30. The third-order valence-corrected chi connectivity index (χ3v) is 5.02. The van der Waals surface area contributed by atoms with Gasteiger partial charge in [0.25, 0.3) is 0 Å². The van der Waals surface area contributed by atoms with E-state index in [0.29, 0.717) is 30.4 Å². The summed E-state index contributed by atoms with van der Waals surface area (Å²) in [5.41, 5.74) is 2.02. The lowest BCUT2D eigenvalue weighted by molar-refractivity contribution is 0.122. The molecule has 3 N–H and O–H groups in total. The van der Waals surface area contributed by atoms with Gasteiger partial charge in [0.05, 0.1) is 36.7 Å². The number of amides is 2. The first-order valence-electron chi connectivity index (χ1n) is 9.99. The number of nitrogens with zero attached hydrogens (tertiary/aromatic N) is 5. The van der Waals surface area contributed by atoms with Crippen molar-refractivity contribution >= 4 is 34.3 Å². The predicted molar refractivity (Wildman–Crippen MR) is 117 cm³/mol. The number of benzene rings is 1. The second kappa shape index (κ2) is 8.55. The van der Waals surface area contributed by atoms with E-state index in [0.717, 1.165) is 36.1 Å². The molecule has 0 spiro atoms. The summed E-state index contributed by atoms with van der Waals surface area (Å²) >= 11 is 0. The van der Waals surface area contributed by atoms with Crippen molar-refractivity contribution in [1.82, 2.24) is 25.1 Å². The Hall–Kier alpha value is -4.12. The SMILES string of the molecule is O=C(Nc1ccc(-c2nc(N3CCOCC3)c3cn[nH]c3n2)cc1)Nc1ccncc1F. The fourth-order valence-corrected chi connectivity index (χ4v) is 3.43. The lowest BCUT2D eigenvalue weighted by Gasteiger charge is -2.28. The van der Waals surface area contributed by atoms with Gasteiger partial charge in [-0.15, -0.1) is 0 Å². The molecule has 10 nitrogen and oxygen atoms in total. The highest BCUT2D eigenvalue weighted by Crippen LogP contribution is 2.27. The minimum Gasteiger partial charge on any atom is -0.378 e. The Balaban J connectivity index is 1.35. The number of carbonyl (C=O) groups is 1. The van der Waals surface area contributed by atoms with Gasteiger partial charge in [-0.1, -0.05) is 0 Å². The summed E-state index contributed by atoms with van der Waals surface area (Å²) in [5.74, 6) is 0.738. The number of ether oxygens (including phenoxy) is 1. The van der Waals surface area contributed by atoms with Gasteiger partial charge in [-0.25, -0.2) is 19.2 Å². The molecule has 1 saturated heterocycles. The van der Waals surface area contributed by atoms with Crippen molar-refractivity contribution in [3.63, 3.8) is 0 Å². The van der Waals surface area contributed by atoms with Crippen molar-refractivity contribution in [2.75, 3.05) is 41.8 Å². The van der Waals surface area contributed by atoms with Crippen molar-refractivity contribution < 1.29 is 13.9 Å². The van der Waals surface area contributed by atoms with Gasteiger partial charge < -0.3 is 20.3 Å². The Morgan fingerprint density at radius 3 is 2.66 bits per heavy atom. The smallest absolute Gasteiger partial charge is 0.323 e. The zero-order valence-electron chi connectivity index (χ0n) is 16.9. The standard InChI is InChI=1S/C21H19FN8O2/c22-16-12-23-6-5-17(16)26-21(31)25-14-3-1-13(2-4-14)18-27-19-15(11-24-29-19)20(28-18)30-7-9-32-10-8-30/h1-6,11-12H,7-10H2,(H2,23,25,26,31)(H,24,27,28,29). The highest BCUT2D eigenvalue weighted by atomic mass is 19.1. The molecule has 2 amide bonds. The summed E-state index contributed by atoms with van der Waals surface area (Å²) in [7, 11) is 0. The monoisotopic (exact) mass is 434 g/mol. The van der Waals surface area contributed by atoms with Crippen LogP contribution in [-0.4, -0.2) is 57.5 Å². The third kappa shape index (κ3) is 4.05. The van der Waals surface area contributed by atoms with Gasteiger partial charge in [0.1, 0.15) is 5.82 Å². The van der Waals surface area contributed by atoms with E-state index in [-0.39, 0.29) is 5.69 Å². The summed E-state index contributed by atoms with van der Waals surface area (Å²) < 4.78 is 19.1. The Morgan fingerprint density at radius 1 is 1.06 bits per heavy atom. The molecule has 3 aromatic heterocycles. The van der Waals surface area contributed by atoms with E-state index in [1.54, 1.807) is 18.3 Å². The van der Waals surface area contributed by atoms with Crippen LogP contribution in [0.3, 0.4) is 0 Å². The van der Waals surface area contributed by atoms with Gasteiger partial charge in [-0.3, -0.25) is 10.1 Å². The molecule has 4 aromatic rings. The zero-order chi connectivity index (χ0) is 21.9. The number of anilines is 3. The minimum atomic E-state index is -0.611. The van der Waals surface area contributed by atoms with Crippen LogP contribution >= 0.6 is 0 Å². The molecule has 4 heterocycles. The lowest BCUT2D eigenvalue weighted by Crippen LogP contribution is -2.37. The van der Waals surface area contributed by atoms with Gasteiger partial charge in [-0.2, -0.15) is 5.10 Å². The number of pyridine rings is 1. The van der Waals surface area contributed by atoms with Crippen LogP contribution in [0.4, 0.5) is 26.4 Å². The number of carbonyl (C=O) groups excluding carboxylic acids is 1. The van der Waals surface area contributed by atoms with Crippen LogP contribution in [0, 0.1) is 5.82 Å². The molecule has 0 atom stereocenters. The number of hydrogen-bond acceptors (Lipinski definition) is 7. The van der Waals surface area contributed by atoms with Crippen molar-refractivity contribution in [3.05, 3.63) is 54.7 Å². The fraction of sp³-hybridized carbons (Fsp3) is 0.190. The molecular weight excluding hydrogens is 415 g/mol. The van der Waals surface area contributed by atoms with E-state index in [1.165, 1.54) is 12.3 Å². The van der Waals surface area contributed by atoms with Crippen LogP contribution in [0.25, 0.3) is 22.4 Å². The molecule has 11 heteroatoms. The summed E-state index contributed by atoms with van der Waals surface area (Å²) in [5, 5.41) is 13.0. The van der Waals surface area contributed by atoms with Crippen LogP contribution in [0.2, 0.25) is 0 Å². The number of halogens is 1. The van der Waals surface area contributed by atoms with E-state index in [2.05, 4.69) is 35.7 Å². The summed E-state index contributed by atoms with van der Waals surface area (Å²) in [6.45, 7) is 2.77. The number of aromatic amines is 1. The molecular formula is C21H19FN8O2. The van der Waals surface area contributed by atoms with Crippen molar-refractivity contribution in [3.8, 4) is 11.4 Å². The number of H-pyrrole nitrogens is 1. The Morgan fingerprint density at radius 2 is 1.88 bits per heavy atom. The largest absolute Gasteiger partial charge is 0.378 e. The normalized spacial score (nSPS) is 13.8. The molecule has 32 heavy (non-hydrogen) atoms. The summed E-state index contributed by atoms with van der Waals surface area (Å²) in [6, 6.07) is 7.89. The number of nitrogens with one attached hydrogen (secondary N) is 3. The molecule has 0 bridgehead atoms. The molecule has 0 radical (unpaired) electrons. The van der Waals surface area contributed by atoms with Crippen LogP contribution in [-0.2, 0) is 4.74 Å². The van der Waals surface area contributed by atoms with Crippen LogP contribution in [0.15, 0.2) is 48.9 Å². The summed E-state index contributed by atoms with van der Waals surface area (Å²) in [4.78, 5) is 27.3. The third-order valence-electron chi connectivity index (χ3n) is 5.02. The van der Waals surface area contributed by atoms with Crippen molar-refractivity contribution in [2.45, 2.75) is 0 Å². The van der Waals surface area contributed by atoms with Crippen LogP contribution < -0.4 is 15.5 Å². The number of hydrogen-bond donors (Lipinski definition) is 3.